The van der Waals surface area contributed by atoms with Crippen molar-refractivity contribution in [3.63, 3.8) is 0 Å². The fourth-order valence-electron chi connectivity index (χ4n) is 7.92. The Hall–Kier alpha value is -5.54. The lowest BCUT2D eigenvalue weighted by atomic mass is 9.86. The lowest BCUT2D eigenvalue weighted by Gasteiger charge is -2.20. The summed E-state index contributed by atoms with van der Waals surface area (Å²) in [5.74, 6) is 0.388. The van der Waals surface area contributed by atoms with Gasteiger partial charge in [-0.05, 0) is 91.2 Å². The average Bonchev–Trinajstić information content (AvgIpc) is 3.67. The number of hydrogen-bond donors (Lipinski definition) is 0. The van der Waals surface area contributed by atoms with E-state index in [1.54, 1.807) is 0 Å². The van der Waals surface area contributed by atoms with Crippen LogP contribution in [0.2, 0.25) is 0 Å². The normalized spacial score (nSPS) is 14.9. The van der Waals surface area contributed by atoms with Gasteiger partial charge in [0.15, 0.2) is 0 Å². The summed E-state index contributed by atoms with van der Waals surface area (Å²) in [5.41, 5.74) is 14.2. The molecule has 1 unspecified atom stereocenters. The summed E-state index contributed by atoms with van der Waals surface area (Å²) in [4.78, 5) is 2.93. The zero-order valence-electron chi connectivity index (χ0n) is 28.1. The Bertz CT molecular complexity index is 2690. The van der Waals surface area contributed by atoms with Crippen molar-refractivity contribution >= 4 is 55.0 Å². The van der Waals surface area contributed by atoms with Gasteiger partial charge in [0.2, 0.25) is 0 Å². The van der Waals surface area contributed by atoms with Gasteiger partial charge in [-0.1, -0.05) is 158 Å². The molecule has 1 atom stereocenters. The third kappa shape index (κ3) is 5.43. The number of fused-ring (bicyclic) bond motifs is 6. The Labute approximate surface area is 307 Å². The number of rotatable bonds is 5. The monoisotopic (exact) mass is 686 g/mol. The first-order chi connectivity index (χ1) is 25.3. The van der Waals surface area contributed by atoms with Gasteiger partial charge in [0.25, 0.3) is 0 Å². The van der Waals surface area contributed by atoms with Crippen molar-refractivity contribution in [1.29, 1.82) is 0 Å². The molecule has 10 rings (SSSR count). The van der Waals surface area contributed by atoms with Crippen molar-refractivity contribution in [2.24, 2.45) is 0 Å². The van der Waals surface area contributed by atoms with E-state index >= 15 is 0 Å². The summed E-state index contributed by atoms with van der Waals surface area (Å²) < 4.78 is 2.75. The van der Waals surface area contributed by atoms with Crippen molar-refractivity contribution in [3.05, 3.63) is 190 Å². The van der Waals surface area contributed by atoms with Crippen molar-refractivity contribution in [2.45, 2.75) is 18.8 Å². The second-order valence-corrected chi connectivity index (χ2v) is 15.7. The highest BCUT2D eigenvalue weighted by Crippen LogP contribution is 2.45. The number of thiophene rings is 2. The van der Waals surface area contributed by atoms with E-state index in [1.165, 1.54) is 91.1 Å². The molecular formula is C49H34S2. The molecule has 0 aliphatic heterocycles. The highest BCUT2D eigenvalue weighted by atomic mass is 32.1. The molecule has 8 aromatic rings. The van der Waals surface area contributed by atoms with Crippen LogP contribution in [0.15, 0.2) is 164 Å². The van der Waals surface area contributed by atoms with Gasteiger partial charge in [0, 0.05) is 36.9 Å². The second kappa shape index (κ2) is 12.7. The van der Waals surface area contributed by atoms with E-state index < -0.39 is 0 Å². The third-order valence-electron chi connectivity index (χ3n) is 10.5. The van der Waals surface area contributed by atoms with Gasteiger partial charge in [0.05, 0.1) is 0 Å². The predicted molar refractivity (Wildman–Crippen MR) is 223 cm³/mol. The number of allylic oxidation sites excluding steroid dienone is 4. The summed E-state index contributed by atoms with van der Waals surface area (Å²) in [6.07, 6.45) is 15.6. The van der Waals surface area contributed by atoms with E-state index in [2.05, 4.69) is 176 Å². The van der Waals surface area contributed by atoms with Gasteiger partial charge in [-0.25, -0.2) is 0 Å². The van der Waals surface area contributed by atoms with E-state index in [1.807, 2.05) is 22.7 Å². The van der Waals surface area contributed by atoms with Crippen molar-refractivity contribution in [3.8, 4) is 44.5 Å². The minimum atomic E-state index is 0.388. The summed E-state index contributed by atoms with van der Waals surface area (Å²) in [7, 11) is 0. The Morgan fingerprint density at radius 1 is 0.471 bits per heavy atom. The topological polar surface area (TPSA) is 0 Å². The molecule has 0 N–H and O–H groups in total. The predicted octanol–water partition coefficient (Wildman–Crippen LogP) is 14.5. The van der Waals surface area contributed by atoms with Crippen LogP contribution < -0.4 is 0 Å². The van der Waals surface area contributed by atoms with Gasteiger partial charge in [0.1, 0.15) is 0 Å². The van der Waals surface area contributed by atoms with Crippen molar-refractivity contribution in [1.82, 2.24) is 0 Å². The van der Waals surface area contributed by atoms with Gasteiger partial charge in [-0.2, -0.15) is 0 Å². The molecule has 0 amide bonds. The van der Waals surface area contributed by atoms with Crippen LogP contribution in [0.3, 0.4) is 0 Å². The van der Waals surface area contributed by atoms with E-state index in [0.29, 0.717) is 5.92 Å². The standard InChI is InChI=1S/C49H34S2/c1-2-17-42-44-21-9-19-40(48(44)50-46(42)23-3-1)38-15-7-12-35(30-38)33-27-25-32(26-28-33)34-11-6-13-36(29-34)37-14-8-16-39(31-37)41-20-10-22-45-43-18-4-5-24-47(43)51-49(41)45/h1-19,21-22,24-31,41H,20,23H2. The fourth-order valence-corrected chi connectivity index (χ4v) is 10.6. The van der Waals surface area contributed by atoms with Crippen LogP contribution in [0.5, 0.6) is 0 Å². The first kappa shape index (κ1) is 30.3. The lowest BCUT2D eigenvalue weighted by Crippen LogP contribution is -2.02. The molecule has 242 valence electrons. The van der Waals surface area contributed by atoms with Crippen LogP contribution in [-0.2, 0) is 6.42 Å². The highest BCUT2D eigenvalue weighted by molar-refractivity contribution is 7.20. The maximum atomic E-state index is 2.41. The first-order valence-electron chi connectivity index (χ1n) is 17.7. The molecule has 0 spiro atoms. The maximum absolute atomic E-state index is 2.41. The molecule has 0 bridgehead atoms. The molecule has 2 heterocycles. The molecule has 2 aromatic heterocycles. The second-order valence-electron chi connectivity index (χ2n) is 13.5. The minimum absolute atomic E-state index is 0.388. The van der Waals surface area contributed by atoms with Crippen molar-refractivity contribution < 1.29 is 0 Å². The van der Waals surface area contributed by atoms with Crippen LogP contribution in [0, 0.1) is 0 Å². The Morgan fingerprint density at radius 2 is 1.14 bits per heavy atom. The quantitative estimate of drug-likeness (QED) is 0.169. The highest BCUT2D eigenvalue weighted by Gasteiger charge is 2.23. The number of benzene rings is 6. The molecule has 6 aromatic carbocycles. The molecule has 0 saturated carbocycles. The molecule has 2 aliphatic rings. The van der Waals surface area contributed by atoms with Crippen LogP contribution in [0.1, 0.15) is 38.8 Å². The molecule has 0 radical (unpaired) electrons. The number of hydrogen-bond acceptors (Lipinski definition) is 2. The molecule has 51 heavy (non-hydrogen) atoms. The van der Waals surface area contributed by atoms with Crippen LogP contribution >= 0.6 is 22.7 Å². The summed E-state index contributed by atoms with van der Waals surface area (Å²) >= 11 is 3.89. The Kier molecular flexibility index (Phi) is 7.52. The molecule has 0 nitrogen and oxygen atoms in total. The molecule has 2 heteroatoms. The van der Waals surface area contributed by atoms with Crippen LogP contribution in [0.25, 0.3) is 76.8 Å². The average molecular weight is 687 g/mol. The molecule has 2 aliphatic carbocycles. The van der Waals surface area contributed by atoms with E-state index in [4.69, 9.17) is 0 Å². The van der Waals surface area contributed by atoms with E-state index in [0.717, 1.165) is 12.8 Å². The molecular weight excluding hydrogens is 653 g/mol. The summed E-state index contributed by atoms with van der Waals surface area (Å²) in [5, 5.41) is 2.73. The van der Waals surface area contributed by atoms with Gasteiger partial charge in [-0.15, -0.1) is 22.7 Å². The van der Waals surface area contributed by atoms with E-state index in [-0.39, 0.29) is 0 Å². The SMILES string of the molecule is C1=CCc2sc3c(-c4cccc(-c5ccc(-c6cccc(-c7cccc(C8CC=Cc9c8sc8ccccc98)c7)c6)cc5)c4)cccc3c2C=C1. The minimum Gasteiger partial charge on any atom is -0.139 e. The molecule has 0 fully saturated rings. The van der Waals surface area contributed by atoms with Crippen molar-refractivity contribution in [2.75, 3.05) is 0 Å². The maximum Gasteiger partial charge on any atom is 0.0430 e. The van der Waals surface area contributed by atoms with Crippen LogP contribution in [0.4, 0.5) is 0 Å². The Morgan fingerprint density at radius 3 is 1.96 bits per heavy atom. The summed E-state index contributed by atoms with van der Waals surface area (Å²) in [6, 6.07) is 51.9. The van der Waals surface area contributed by atoms with Gasteiger partial charge in [-0.3, -0.25) is 0 Å². The summed E-state index contributed by atoms with van der Waals surface area (Å²) in [6.45, 7) is 0. The van der Waals surface area contributed by atoms with Crippen LogP contribution in [-0.4, -0.2) is 0 Å². The first-order valence-corrected chi connectivity index (χ1v) is 19.4. The zero-order chi connectivity index (χ0) is 33.7. The largest absolute Gasteiger partial charge is 0.139 e. The van der Waals surface area contributed by atoms with Gasteiger partial charge < -0.3 is 0 Å². The smallest absolute Gasteiger partial charge is 0.0430 e. The van der Waals surface area contributed by atoms with E-state index in [9.17, 15) is 0 Å². The lowest BCUT2D eigenvalue weighted by molar-refractivity contribution is 0.840. The zero-order valence-corrected chi connectivity index (χ0v) is 29.7. The Balaban J connectivity index is 0.931. The van der Waals surface area contributed by atoms with Gasteiger partial charge >= 0.3 is 0 Å². The molecule has 0 saturated heterocycles. The third-order valence-corrected chi connectivity index (χ3v) is 13.1. The fraction of sp³-hybridized carbons (Fsp3) is 0.0612.